The maximum absolute atomic E-state index is 5.18. The largest absolute Gasteiger partial charge is 0.144 e. The average Bonchev–Trinajstić information content (AvgIpc) is 3.74. The molecule has 2 heteroatoms. The molecule has 0 fully saturated rings. The summed E-state index contributed by atoms with van der Waals surface area (Å²) in [7, 11) is 0. The summed E-state index contributed by atoms with van der Waals surface area (Å²) in [4.78, 5) is 2.25. The fraction of sp³-hybridized carbons (Fsp3) is 0. The molecule has 0 unspecified atom stereocenters. The first kappa shape index (κ1) is 30.9. The Labute approximate surface area is 312 Å². The van der Waals surface area contributed by atoms with Gasteiger partial charge in [-0.3, -0.25) is 0 Å². The van der Waals surface area contributed by atoms with Crippen LogP contribution in [0.15, 0.2) is 192 Å². The second-order valence-corrected chi connectivity index (χ2v) is 14.8. The fourth-order valence-corrected chi connectivity index (χ4v) is 9.40. The van der Waals surface area contributed by atoms with Crippen molar-refractivity contribution in [2.24, 2.45) is 0 Å². The molecule has 0 nitrogen and oxygen atoms in total. The van der Waals surface area contributed by atoms with Gasteiger partial charge >= 0.3 is 0 Å². The smallest absolute Gasteiger partial charge is 0.0355 e. The molecule has 0 atom stereocenters. The molecule has 0 aliphatic heterocycles. The van der Waals surface area contributed by atoms with Gasteiger partial charge in [-0.2, -0.15) is 0 Å². The highest BCUT2D eigenvalue weighted by molar-refractivity contribution is 7.80. The van der Waals surface area contributed by atoms with Crippen LogP contribution < -0.4 is 0 Å². The number of thiophene rings is 1. The van der Waals surface area contributed by atoms with Crippen molar-refractivity contribution >= 4 is 67.1 Å². The van der Waals surface area contributed by atoms with Crippen molar-refractivity contribution in [1.82, 2.24) is 0 Å². The topological polar surface area (TPSA) is 0 Å². The van der Waals surface area contributed by atoms with Crippen LogP contribution in [0.3, 0.4) is 0 Å². The molecule has 10 rings (SSSR count). The third-order valence-electron chi connectivity index (χ3n) is 10.4. The standard InChI is InChI=1S/C50H32S2/c51-45-31-35(49-41-22-8-10-24-43(41)50(46-26-13-29-52-46)44-25-11-9-23-42(44)49)27-28-36(45)33-16-12-17-34(30-33)48-39-20-6-4-18-37(39)47(32-14-2-1-3-15-32)38-19-5-7-21-40(38)48/h1-31,51H. The third-order valence-corrected chi connectivity index (χ3v) is 11.7. The zero-order valence-corrected chi connectivity index (χ0v) is 30.0. The van der Waals surface area contributed by atoms with Gasteiger partial charge in [0, 0.05) is 15.3 Å². The predicted octanol–water partition coefficient (Wildman–Crippen LogP) is 15.0. The second kappa shape index (κ2) is 12.7. The number of rotatable bonds is 5. The first-order valence-corrected chi connectivity index (χ1v) is 19.0. The zero-order chi connectivity index (χ0) is 34.6. The van der Waals surface area contributed by atoms with Crippen LogP contribution in [0.1, 0.15) is 0 Å². The Hall–Kier alpha value is -5.93. The number of hydrogen-bond donors (Lipinski definition) is 1. The second-order valence-electron chi connectivity index (χ2n) is 13.3. The van der Waals surface area contributed by atoms with E-state index in [-0.39, 0.29) is 0 Å². The van der Waals surface area contributed by atoms with Gasteiger partial charge in [0.15, 0.2) is 0 Å². The van der Waals surface area contributed by atoms with E-state index >= 15 is 0 Å². The summed E-state index contributed by atoms with van der Waals surface area (Å²) in [5.74, 6) is 0. The van der Waals surface area contributed by atoms with Gasteiger partial charge in [-0.05, 0) is 111 Å². The lowest BCUT2D eigenvalue weighted by atomic mass is 9.85. The SMILES string of the molecule is Sc1cc(-c2c3ccccc3c(-c3cccs3)c3ccccc23)ccc1-c1cccc(-c2c3ccccc3c(-c3ccccc3)c3ccccc23)c1. The van der Waals surface area contributed by atoms with Crippen molar-refractivity contribution < 1.29 is 0 Å². The van der Waals surface area contributed by atoms with Crippen LogP contribution in [0.2, 0.25) is 0 Å². The molecule has 9 aromatic carbocycles. The molecule has 10 aromatic rings. The van der Waals surface area contributed by atoms with Crippen molar-refractivity contribution in [1.29, 1.82) is 0 Å². The van der Waals surface area contributed by atoms with Gasteiger partial charge in [0.2, 0.25) is 0 Å². The van der Waals surface area contributed by atoms with Crippen LogP contribution in [0.5, 0.6) is 0 Å². The van der Waals surface area contributed by atoms with Crippen LogP contribution >= 0.6 is 24.0 Å². The minimum absolute atomic E-state index is 0.958. The first-order valence-electron chi connectivity index (χ1n) is 17.6. The molecule has 0 aliphatic carbocycles. The third kappa shape index (κ3) is 4.98. The maximum atomic E-state index is 5.18. The van der Waals surface area contributed by atoms with Crippen molar-refractivity contribution in [3.8, 4) is 54.9 Å². The maximum Gasteiger partial charge on any atom is 0.0355 e. The summed E-state index contributed by atoms with van der Waals surface area (Å²) < 4.78 is 0. The molecule has 1 heterocycles. The Balaban J connectivity index is 1.14. The van der Waals surface area contributed by atoms with E-state index in [2.05, 4.69) is 187 Å². The Morgan fingerprint density at radius 3 is 1.21 bits per heavy atom. The molecule has 1 aromatic heterocycles. The summed E-state index contributed by atoms with van der Waals surface area (Å²) >= 11 is 6.98. The summed E-state index contributed by atoms with van der Waals surface area (Å²) in [6.07, 6.45) is 0. The highest BCUT2D eigenvalue weighted by atomic mass is 32.1. The van der Waals surface area contributed by atoms with Crippen LogP contribution in [-0.2, 0) is 0 Å². The molecular formula is C50H32S2. The lowest BCUT2D eigenvalue weighted by Crippen LogP contribution is -1.92. The summed E-state index contributed by atoms with van der Waals surface area (Å²) in [5, 5.41) is 12.2. The predicted molar refractivity (Wildman–Crippen MR) is 229 cm³/mol. The van der Waals surface area contributed by atoms with Crippen LogP contribution in [0.25, 0.3) is 98.0 Å². The van der Waals surface area contributed by atoms with Crippen molar-refractivity contribution in [3.63, 3.8) is 0 Å². The Morgan fingerprint density at radius 2 is 0.731 bits per heavy atom. The van der Waals surface area contributed by atoms with Gasteiger partial charge in [-0.1, -0.05) is 164 Å². The molecule has 0 aliphatic rings. The molecule has 0 spiro atoms. The van der Waals surface area contributed by atoms with Gasteiger partial charge in [0.1, 0.15) is 0 Å². The highest BCUT2D eigenvalue weighted by Gasteiger charge is 2.19. The summed E-state index contributed by atoms with van der Waals surface area (Å²) in [5.41, 5.74) is 11.0. The van der Waals surface area contributed by atoms with Crippen molar-refractivity contribution in [2.75, 3.05) is 0 Å². The van der Waals surface area contributed by atoms with E-state index < -0.39 is 0 Å². The number of benzene rings is 9. The van der Waals surface area contributed by atoms with E-state index in [0.29, 0.717) is 0 Å². The van der Waals surface area contributed by atoms with E-state index in [0.717, 1.165) is 16.0 Å². The van der Waals surface area contributed by atoms with E-state index in [9.17, 15) is 0 Å². The Kier molecular flexibility index (Phi) is 7.53. The summed E-state index contributed by atoms with van der Waals surface area (Å²) in [6, 6.07) is 66.3. The van der Waals surface area contributed by atoms with Gasteiger partial charge in [-0.25, -0.2) is 0 Å². The van der Waals surface area contributed by atoms with E-state index in [1.54, 1.807) is 11.3 Å². The fourth-order valence-electron chi connectivity index (χ4n) is 8.25. The quantitative estimate of drug-likeness (QED) is 0.134. The normalized spacial score (nSPS) is 11.6. The van der Waals surface area contributed by atoms with E-state index in [1.807, 2.05) is 0 Å². The first-order chi connectivity index (χ1) is 25.7. The minimum Gasteiger partial charge on any atom is -0.144 e. The van der Waals surface area contributed by atoms with Gasteiger partial charge in [-0.15, -0.1) is 24.0 Å². The molecule has 0 N–H and O–H groups in total. The minimum atomic E-state index is 0.958. The van der Waals surface area contributed by atoms with E-state index in [1.165, 1.54) is 86.9 Å². The van der Waals surface area contributed by atoms with Crippen molar-refractivity contribution in [3.05, 3.63) is 187 Å². The molecule has 0 saturated carbocycles. The van der Waals surface area contributed by atoms with Gasteiger partial charge in [0.05, 0.1) is 0 Å². The van der Waals surface area contributed by atoms with Gasteiger partial charge in [0.25, 0.3) is 0 Å². The molecule has 0 amide bonds. The Morgan fingerprint density at radius 1 is 0.308 bits per heavy atom. The number of thiol groups is 1. The lowest BCUT2D eigenvalue weighted by Gasteiger charge is -2.19. The molecule has 0 bridgehead atoms. The van der Waals surface area contributed by atoms with Crippen LogP contribution in [-0.4, -0.2) is 0 Å². The van der Waals surface area contributed by atoms with Crippen LogP contribution in [0, 0.1) is 0 Å². The molecule has 244 valence electrons. The monoisotopic (exact) mass is 696 g/mol. The molecular weight excluding hydrogens is 665 g/mol. The molecule has 0 radical (unpaired) electrons. The van der Waals surface area contributed by atoms with Crippen LogP contribution in [0.4, 0.5) is 0 Å². The van der Waals surface area contributed by atoms with Gasteiger partial charge < -0.3 is 0 Å². The zero-order valence-electron chi connectivity index (χ0n) is 28.3. The lowest BCUT2D eigenvalue weighted by molar-refractivity contribution is 1.46. The number of fused-ring (bicyclic) bond motifs is 4. The molecule has 0 saturated heterocycles. The Bertz CT molecular complexity index is 2840. The highest BCUT2D eigenvalue weighted by Crippen LogP contribution is 2.47. The van der Waals surface area contributed by atoms with Crippen molar-refractivity contribution in [2.45, 2.75) is 4.90 Å². The number of hydrogen-bond acceptors (Lipinski definition) is 2. The average molecular weight is 697 g/mol. The van der Waals surface area contributed by atoms with E-state index in [4.69, 9.17) is 12.6 Å². The summed E-state index contributed by atoms with van der Waals surface area (Å²) in [6.45, 7) is 0. The molecule has 52 heavy (non-hydrogen) atoms.